The molecular weight excluding hydrogens is 206 g/mol. The van der Waals surface area contributed by atoms with Gasteiger partial charge in [0.1, 0.15) is 0 Å². The molecule has 1 aromatic heterocycles. The summed E-state index contributed by atoms with van der Waals surface area (Å²) in [5.74, 6) is -0.966. The standard InChI is InChI=1S/C11H11N3O2/c1-12-10(11(15)16)9-6-7-4-2-3-5-8(7)13-14-9/h2-6,10,12H,1H3,(H,15,16). The first-order chi connectivity index (χ1) is 7.72. The number of carbonyl (C=O) groups is 1. The maximum absolute atomic E-state index is 10.9. The Balaban J connectivity index is 2.49. The van der Waals surface area contributed by atoms with Gasteiger partial charge in [-0.1, -0.05) is 18.2 Å². The number of fused-ring (bicyclic) bond motifs is 1. The Morgan fingerprint density at radius 1 is 1.38 bits per heavy atom. The van der Waals surface area contributed by atoms with Crippen LogP contribution in [0.15, 0.2) is 30.3 Å². The van der Waals surface area contributed by atoms with Gasteiger partial charge in [0, 0.05) is 5.39 Å². The zero-order valence-corrected chi connectivity index (χ0v) is 8.71. The number of rotatable bonds is 3. The van der Waals surface area contributed by atoms with Gasteiger partial charge in [-0.2, -0.15) is 10.2 Å². The summed E-state index contributed by atoms with van der Waals surface area (Å²) in [5, 5.41) is 20.4. The molecule has 0 radical (unpaired) electrons. The lowest BCUT2D eigenvalue weighted by Gasteiger charge is -2.09. The topological polar surface area (TPSA) is 75.1 Å². The third-order valence-corrected chi connectivity index (χ3v) is 2.34. The minimum absolute atomic E-state index is 0.411. The molecule has 16 heavy (non-hydrogen) atoms. The molecule has 0 saturated carbocycles. The summed E-state index contributed by atoms with van der Waals surface area (Å²) in [6.07, 6.45) is 0. The van der Waals surface area contributed by atoms with E-state index in [1.54, 1.807) is 13.1 Å². The lowest BCUT2D eigenvalue weighted by Crippen LogP contribution is -2.26. The molecular formula is C11H11N3O2. The van der Waals surface area contributed by atoms with E-state index in [-0.39, 0.29) is 0 Å². The molecule has 0 fully saturated rings. The van der Waals surface area contributed by atoms with Gasteiger partial charge in [0.2, 0.25) is 0 Å². The monoisotopic (exact) mass is 217 g/mol. The third-order valence-electron chi connectivity index (χ3n) is 2.34. The van der Waals surface area contributed by atoms with Crippen molar-refractivity contribution in [1.29, 1.82) is 0 Å². The van der Waals surface area contributed by atoms with E-state index in [4.69, 9.17) is 5.11 Å². The highest BCUT2D eigenvalue weighted by Crippen LogP contribution is 2.15. The van der Waals surface area contributed by atoms with Crippen molar-refractivity contribution in [2.45, 2.75) is 6.04 Å². The van der Waals surface area contributed by atoms with Crippen LogP contribution in [0, 0.1) is 0 Å². The molecule has 82 valence electrons. The minimum atomic E-state index is -0.966. The van der Waals surface area contributed by atoms with E-state index >= 15 is 0 Å². The molecule has 1 unspecified atom stereocenters. The molecule has 0 bridgehead atoms. The summed E-state index contributed by atoms with van der Waals surface area (Å²) in [4.78, 5) is 10.9. The van der Waals surface area contributed by atoms with E-state index in [2.05, 4.69) is 15.5 Å². The first-order valence-electron chi connectivity index (χ1n) is 4.85. The lowest BCUT2D eigenvalue weighted by molar-refractivity contribution is -0.139. The van der Waals surface area contributed by atoms with Crippen molar-refractivity contribution in [1.82, 2.24) is 15.5 Å². The third kappa shape index (κ3) is 1.85. The Morgan fingerprint density at radius 2 is 2.12 bits per heavy atom. The minimum Gasteiger partial charge on any atom is -0.480 e. The highest BCUT2D eigenvalue weighted by Gasteiger charge is 2.19. The predicted octanol–water partition coefficient (Wildman–Crippen LogP) is 0.975. The summed E-state index contributed by atoms with van der Waals surface area (Å²) in [5.41, 5.74) is 1.17. The second kappa shape index (κ2) is 4.24. The van der Waals surface area contributed by atoms with Crippen LogP contribution in [0.1, 0.15) is 11.7 Å². The Kier molecular flexibility index (Phi) is 2.78. The van der Waals surface area contributed by atoms with Crippen LogP contribution in [0.4, 0.5) is 0 Å². The molecule has 5 heteroatoms. The Morgan fingerprint density at radius 3 is 2.81 bits per heavy atom. The van der Waals surface area contributed by atoms with E-state index in [9.17, 15) is 4.79 Å². The highest BCUT2D eigenvalue weighted by molar-refractivity contribution is 5.80. The van der Waals surface area contributed by atoms with Gasteiger partial charge < -0.3 is 10.4 Å². The molecule has 1 aromatic carbocycles. The van der Waals surface area contributed by atoms with E-state index in [0.29, 0.717) is 5.69 Å². The van der Waals surface area contributed by atoms with Gasteiger partial charge in [0.05, 0.1) is 11.2 Å². The van der Waals surface area contributed by atoms with Crippen molar-refractivity contribution >= 4 is 16.9 Å². The fourth-order valence-electron chi connectivity index (χ4n) is 1.54. The molecule has 0 amide bonds. The molecule has 1 atom stereocenters. The molecule has 5 nitrogen and oxygen atoms in total. The van der Waals surface area contributed by atoms with Gasteiger partial charge in [-0.05, 0) is 19.2 Å². The molecule has 1 heterocycles. The summed E-state index contributed by atoms with van der Waals surface area (Å²) in [6, 6.07) is 8.37. The number of hydrogen-bond acceptors (Lipinski definition) is 4. The SMILES string of the molecule is CNC(C(=O)O)c1cc2ccccc2nn1. The van der Waals surface area contributed by atoms with Gasteiger partial charge in [-0.3, -0.25) is 4.79 Å². The average molecular weight is 217 g/mol. The van der Waals surface area contributed by atoms with Crippen LogP contribution < -0.4 is 5.32 Å². The van der Waals surface area contributed by atoms with Crippen molar-refractivity contribution in [3.8, 4) is 0 Å². The Hall–Kier alpha value is -2.01. The number of aromatic nitrogens is 2. The number of benzene rings is 1. The number of likely N-dealkylation sites (N-methyl/N-ethyl adjacent to an activating group) is 1. The predicted molar refractivity (Wildman–Crippen MR) is 59.0 cm³/mol. The molecule has 0 spiro atoms. The smallest absolute Gasteiger partial charge is 0.327 e. The fourth-order valence-corrected chi connectivity index (χ4v) is 1.54. The molecule has 0 saturated heterocycles. The van der Waals surface area contributed by atoms with Crippen LogP contribution in [0.3, 0.4) is 0 Å². The van der Waals surface area contributed by atoms with Crippen LogP contribution in [0.5, 0.6) is 0 Å². The quantitative estimate of drug-likeness (QED) is 0.801. The van der Waals surface area contributed by atoms with E-state index in [0.717, 1.165) is 10.9 Å². The van der Waals surface area contributed by atoms with Crippen molar-refractivity contribution in [3.05, 3.63) is 36.0 Å². The van der Waals surface area contributed by atoms with E-state index < -0.39 is 12.0 Å². The summed E-state index contributed by atoms with van der Waals surface area (Å²) in [6.45, 7) is 0. The summed E-state index contributed by atoms with van der Waals surface area (Å²) in [7, 11) is 1.58. The number of hydrogen-bond donors (Lipinski definition) is 2. The lowest BCUT2D eigenvalue weighted by atomic mass is 10.1. The van der Waals surface area contributed by atoms with Crippen LogP contribution in [0.2, 0.25) is 0 Å². The van der Waals surface area contributed by atoms with Crippen molar-refractivity contribution in [2.75, 3.05) is 7.05 Å². The summed E-state index contributed by atoms with van der Waals surface area (Å²) >= 11 is 0. The van der Waals surface area contributed by atoms with Gasteiger partial charge in [-0.15, -0.1) is 0 Å². The average Bonchev–Trinajstić information content (AvgIpc) is 2.29. The summed E-state index contributed by atoms with van der Waals surface area (Å²) < 4.78 is 0. The Bertz CT molecular complexity index is 527. The first kappa shape index (κ1) is 10.5. The Labute approximate surface area is 92.1 Å². The van der Waals surface area contributed by atoms with Gasteiger partial charge in [0.15, 0.2) is 6.04 Å². The number of nitrogens with zero attached hydrogens (tertiary/aromatic N) is 2. The molecule has 2 rings (SSSR count). The normalized spacial score (nSPS) is 12.6. The zero-order chi connectivity index (χ0) is 11.5. The van der Waals surface area contributed by atoms with Gasteiger partial charge >= 0.3 is 5.97 Å². The maximum atomic E-state index is 10.9. The van der Waals surface area contributed by atoms with E-state index in [1.807, 2.05) is 24.3 Å². The molecule has 2 aromatic rings. The maximum Gasteiger partial charge on any atom is 0.327 e. The molecule has 0 aliphatic rings. The second-order valence-electron chi connectivity index (χ2n) is 3.39. The fraction of sp³-hybridized carbons (Fsp3) is 0.182. The molecule has 2 N–H and O–H groups in total. The van der Waals surface area contributed by atoms with Crippen molar-refractivity contribution in [2.24, 2.45) is 0 Å². The van der Waals surface area contributed by atoms with Crippen molar-refractivity contribution < 1.29 is 9.90 Å². The number of aliphatic carboxylic acids is 1. The number of carboxylic acid groups (broad SMARTS) is 1. The van der Waals surface area contributed by atoms with Crippen LogP contribution >= 0.6 is 0 Å². The molecule has 0 aliphatic heterocycles. The van der Waals surface area contributed by atoms with Crippen LogP contribution in [-0.4, -0.2) is 28.3 Å². The number of carboxylic acids is 1. The van der Waals surface area contributed by atoms with Crippen LogP contribution in [0.25, 0.3) is 10.9 Å². The zero-order valence-electron chi connectivity index (χ0n) is 8.71. The highest BCUT2D eigenvalue weighted by atomic mass is 16.4. The van der Waals surface area contributed by atoms with Crippen molar-refractivity contribution in [3.63, 3.8) is 0 Å². The first-order valence-corrected chi connectivity index (χ1v) is 4.85. The second-order valence-corrected chi connectivity index (χ2v) is 3.39. The molecule has 0 aliphatic carbocycles. The van der Waals surface area contributed by atoms with Gasteiger partial charge in [0.25, 0.3) is 0 Å². The van der Waals surface area contributed by atoms with Crippen LogP contribution in [-0.2, 0) is 4.79 Å². The largest absolute Gasteiger partial charge is 0.480 e. The van der Waals surface area contributed by atoms with E-state index in [1.165, 1.54) is 0 Å². The van der Waals surface area contributed by atoms with Gasteiger partial charge in [-0.25, -0.2) is 0 Å². The number of nitrogens with one attached hydrogen (secondary N) is 1.